The van der Waals surface area contributed by atoms with Crippen LogP contribution in [0.5, 0.6) is 28.7 Å². The van der Waals surface area contributed by atoms with Gasteiger partial charge in [0, 0.05) is 90.3 Å². The number of ether oxygens (including phenoxy) is 4. The van der Waals surface area contributed by atoms with Gasteiger partial charge in [0.15, 0.2) is 17.2 Å². The molecule has 13 N–H and O–H groups in total. The number of likely N-dealkylation sites (N-methyl/N-ethyl adjacent to an activating group) is 3. The van der Waals surface area contributed by atoms with Gasteiger partial charge in [-0.05, 0) is 116 Å². The lowest BCUT2D eigenvalue weighted by atomic mass is 9.98. The van der Waals surface area contributed by atoms with E-state index < -0.39 is 22.9 Å². The number of benzene rings is 6. The average Bonchev–Trinajstić information content (AvgIpc) is 1.48. The summed E-state index contributed by atoms with van der Waals surface area (Å²) in [4.78, 5) is 102. The number of rotatable bonds is 16. The molecule has 0 atom stereocenters. The lowest BCUT2D eigenvalue weighted by molar-refractivity contribution is -0.132. The minimum absolute atomic E-state index is 0.0180. The Morgan fingerprint density at radius 2 is 0.928 bits per heavy atom. The molecule has 3 amide bonds. The number of nitrogens with zero attached hydrogens (tertiary/aromatic N) is 9. The second kappa shape index (κ2) is 31.3. The number of amides is 3. The summed E-state index contributed by atoms with van der Waals surface area (Å²) >= 11 is 6.45. The Labute approximate surface area is 636 Å². The number of carbonyl (C=O) groups excluding carboxylic acids is 4. The maximum atomic E-state index is 14.6. The van der Waals surface area contributed by atoms with E-state index in [9.17, 15) is 43.1 Å². The first-order valence-electron chi connectivity index (χ1n) is 34.6. The molecule has 0 saturated heterocycles. The minimum atomic E-state index is -0.673. The number of hydrogen-bond donors (Lipinski definition) is 10. The second-order valence-electron chi connectivity index (χ2n) is 27.0. The highest BCUT2D eigenvalue weighted by Crippen LogP contribution is 2.48. The van der Waals surface area contributed by atoms with Crippen molar-refractivity contribution >= 4 is 103 Å². The summed E-state index contributed by atoms with van der Waals surface area (Å²) in [5.74, 6) is -0.247. The lowest BCUT2D eigenvalue weighted by Gasteiger charge is -2.23. The molecule has 0 bridgehead atoms. The molecular weight excluding hydrogens is 1450 g/mol. The first-order valence-corrected chi connectivity index (χ1v) is 35.0. The average molecular weight is 1520 g/mol. The summed E-state index contributed by atoms with van der Waals surface area (Å²) in [5.41, 5.74) is 28.7. The van der Waals surface area contributed by atoms with Gasteiger partial charge in [-0.3, -0.25) is 33.6 Å². The van der Waals surface area contributed by atoms with Crippen LogP contribution < -0.4 is 68.8 Å². The summed E-state index contributed by atoms with van der Waals surface area (Å²) < 4.78 is 41.7. The molecule has 9 heterocycles. The van der Waals surface area contributed by atoms with Crippen LogP contribution in [-0.4, -0.2) is 150 Å². The number of nitrogens with one attached hydrogen (secondary N) is 6. The van der Waals surface area contributed by atoms with Crippen LogP contribution in [0.1, 0.15) is 35.1 Å². The molecule has 6 aromatic carbocycles. The van der Waals surface area contributed by atoms with Gasteiger partial charge in [0.1, 0.15) is 93.0 Å². The molecule has 0 fully saturated rings. The van der Waals surface area contributed by atoms with Crippen molar-refractivity contribution in [2.45, 2.75) is 40.6 Å². The SMILES string of the molecule is CC(=O)Oc1ccc(C)c(-n2nc3c4c([nH]c(=O)c3c2N)COc2c(NC(=O)/C=C/CN(C)C)cccc2-4)c1.CN(C)C/C=C/C(=O)Nc1cccc2c1OCc1[nH]c(=O)c3c(N)n(-c4cc(O)ccc4F)nc3c1-2.Cc1ccc(Cl)c(-n2nc3c4c([nH]c(=O)c3c2N)COc2c(NC(=O)/C=C/CN(C)C)cccc2-4)c1. The van der Waals surface area contributed by atoms with Gasteiger partial charge in [-0.1, -0.05) is 78.4 Å². The first kappa shape index (κ1) is 75.6. The molecule has 111 heavy (non-hydrogen) atoms. The van der Waals surface area contributed by atoms with Crippen LogP contribution in [0.2, 0.25) is 5.02 Å². The minimum Gasteiger partial charge on any atom is -0.508 e. The summed E-state index contributed by atoms with van der Waals surface area (Å²) in [6.45, 7) is 7.20. The summed E-state index contributed by atoms with van der Waals surface area (Å²) in [6, 6.07) is 30.1. The Morgan fingerprint density at radius 1 is 0.541 bits per heavy atom. The third-order valence-electron chi connectivity index (χ3n) is 17.9. The number of aryl methyl sites for hydroxylation is 2. The Bertz CT molecular complexity index is 5850. The number of carbonyl (C=O) groups is 4. The zero-order valence-corrected chi connectivity index (χ0v) is 62.3. The standard InChI is InChI=1S/C28H28N6O5.C26H25ClN6O3.C25H23FN6O4/c1-15-10-11-17(39-16(2)35)13-21(15)34-27(29)24-25(32-34)23-18-7-5-8-19(30-22(36)9-6-12-33(3)4)26(18)38-14-20(23)31-28(24)37;1-14-9-10-16(27)19(12-14)33-25(28)22-23(31-33)21-15-6-4-7-17(29-20(34)8-5-11-32(2)3)24(15)36-13-18(21)30-26(22)35;1-31(2)10-4-7-19(34)28-16-6-3-5-14-20-17(12-36-23(14)16)29-25(35)21-22(20)30-32(24(21)27)18-11-13(33)8-9-15(18)26/h5-11,13H,12,14,29H2,1-4H3,(H,30,36)(H,31,37);4-10,12H,11,13,28H2,1-3H3,(H,29,34)(H,30,35);3-9,11,33H,10,12,27H2,1-2H3,(H,28,34)(H,29,35)/b9-6+;8-5+;7-4+. The van der Waals surface area contributed by atoms with Crippen molar-refractivity contribution in [3.05, 3.63) is 216 Å². The van der Waals surface area contributed by atoms with Gasteiger partial charge in [-0.2, -0.15) is 15.3 Å². The molecule has 32 heteroatoms. The highest BCUT2D eigenvalue weighted by molar-refractivity contribution is 6.32. The predicted octanol–water partition coefficient (Wildman–Crippen LogP) is 9.78. The molecule has 15 rings (SSSR count). The fraction of sp³-hybridized carbons (Fsp3) is 0.190. The highest BCUT2D eigenvalue weighted by Gasteiger charge is 2.33. The number of para-hydroxylation sites is 3. The van der Waals surface area contributed by atoms with Crippen molar-refractivity contribution < 1.29 is 47.6 Å². The van der Waals surface area contributed by atoms with Crippen molar-refractivity contribution in [3.8, 4) is 79.2 Å². The van der Waals surface area contributed by atoms with Gasteiger partial charge in [-0.15, -0.1) is 0 Å². The van der Waals surface area contributed by atoms with Gasteiger partial charge in [0.25, 0.3) is 16.7 Å². The summed E-state index contributed by atoms with van der Waals surface area (Å²) in [6.07, 6.45) is 9.69. The fourth-order valence-corrected chi connectivity index (χ4v) is 13.2. The van der Waals surface area contributed by atoms with E-state index in [2.05, 4.69) is 36.0 Å². The normalized spacial score (nSPS) is 12.5. The number of aromatic amines is 3. The zero-order valence-electron chi connectivity index (χ0n) is 61.5. The molecule has 0 unspecified atom stereocenters. The highest BCUT2D eigenvalue weighted by atomic mass is 35.5. The van der Waals surface area contributed by atoms with Crippen molar-refractivity contribution in [1.82, 2.24) is 59.0 Å². The van der Waals surface area contributed by atoms with E-state index in [-0.39, 0.29) is 93.7 Å². The Kier molecular flexibility index (Phi) is 21.3. The number of phenols is 1. The number of phenolic OH excluding ortho intramolecular Hbond substituents is 1. The van der Waals surface area contributed by atoms with Crippen LogP contribution in [0.25, 0.3) is 83.2 Å². The Hall–Kier alpha value is -13.6. The second-order valence-corrected chi connectivity index (χ2v) is 27.4. The third-order valence-corrected chi connectivity index (χ3v) is 18.3. The van der Waals surface area contributed by atoms with Gasteiger partial charge in [0.05, 0.1) is 50.5 Å². The number of H-pyrrole nitrogens is 3. The van der Waals surface area contributed by atoms with Crippen molar-refractivity contribution in [2.24, 2.45) is 0 Å². The van der Waals surface area contributed by atoms with Crippen LogP contribution >= 0.6 is 11.6 Å². The molecule has 30 nitrogen and oxygen atoms in total. The largest absolute Gasteiger partial charge is 0.508 e. The van der Waals surface area contributed by atoms with Crippen molar-refractivity contribution in [1.29, 1.82) is 0 Å². The molecule has 0 saturated carbocycles. The van der Waals surface area contributed by atoms with Crippen LogP contribution in [0.4, 0.5) is 38.9 Å². The molecule has 12 aromatic rings. The van der Waals surface area contributed by atoms with Crippen LogP contribution in [0.3, 0.4) is 0 Å². The van der Waals surface area contributed by atoms with E-state index in [0.717, 1.165) is 21.9 Å². The zero-order chi connectivity index (χ0) is 79.0. The van der Waals surface area contributed by atoms with Crippen molar-refractivity contribution in [3.63, 3.8) is 0 Å². The first-order chi connectivity index (χ1) is 53.1. The maximum absolute atomic E-state index is 14.6. The van der Waals surface area contributed by atoms with Crippen molar-refractivity contribution in [2.75, 3.05) is 95.1 Å². The molecule has 3 aliphatic heterocycles. The number of pyridine rings is 3. The van der Waals surface area contributed by atoms with Crippen LogP contribution in [0, 0.1) is 19.7 Å². The fourth-order valence-electron chi connectivity index (χ4n) is 13.0. The van der Waals surface area contributed by atoms with E-state index in [1.165, 1.54) is 46.6 Å². The number of halogens is 2. The molecule has 0 aliphatic carbocycles. The molecule has 568 valence electrons. The van der Waals surface area contributed by atoms with Gasteiger partial charge in [-0.25, -0.2) is 18.4 Å². The molecule has 3 aliphatic rings. The Balaban J connectivity index is 0.000000146. The lowest BCUT2D eigenvalue weighted by Crippen LogP contribution is -2.18. The van der Waals surface area contributed by atoms with E-state index in [0.29, 0.717) is 138 Å². The number of aromatic hydroxyl groups is 1. The topological polar surface area (TPSA) is 401 Å². The summed E-state index contributed by atoms with van der Waals surface area (Å²) in [7, 11) is 11.5. The quantitative estimate of drug-likeness (QED) is 0.0244. The Morgan fingerprint density at radius 3 is 1.32 bits per heavy atom. The number of aromatic nitrogens is 9. The number of esters is 1. The molecular formula is C79H76ClFN18O12. The number of nitrogen functional groups attached to an aromatic ring is 3. The van der Waals surface area contributed by atoms with E-state index in [1.807, 2.05) is 101 Å². The monoisotopic (exact) mass is 1520 g/mol. The number of fused-ring (bicyclic) bond motifs is 15. The van der Waals surface area contributed by atoms with E-state index >= 15 is 0 Å². The molecule has 6 aromatic heterocycles. The van der Waals surface area contributed by atoms with Gasteiger partial charge < -0.3 is 86.9 Å². The third kappa shape index (κ3) is 15.4. The van der Waals surface area contributed by atoms with Gasteiger partial charge >= 0.3 is 5.97 Å². The molecule has 0 radical (unpaired) electrons. The smallest absolute Gasteiger partial charge is 0.308 e. The van der Waals surface area contributed by atoms with Crippen LogP contribution in [0.15, 0.2) is 160 Å². The number of anilines is 6. The van der Waals surface area contributed by atoms with Gasteiger partial charge in [0.2, 0.25) is 17.7 Å². The van der Waals surface area contributed by atoms with E-state index in [1.54, 1.807) is 78.9 Å². The number of hydrogen-bond acceptors (Lipinski definition) is 21. The van der Waals surface area contributed by atoms with E-state index in [4.69, 9.17) is 57.9 Å². The molecule has 0 spiro atoms. The van der Waals surface area contributed by atoms with Crippen LogP contribution in [-0.2, 0) is 39.0 Å². The predicted molar refractivity (Wildman–Crippen MR) is 424 cm³/mol. The number of nitrogens with two attached hydrogens (primary N) is 3. The maximum Gasteiger partial charge on any atom is 0.308 e. The summed E-state index contributed by atoms with van der Waals surface area (Å²) in [5, 5.41) is 33.4.